The number of amides is 1. The Bertz CT molecular complexity index is 1180. The van der Waals surface area contributed by atoms with Crippen LogP contribution in [0, 0.1) is 34.0 Å². The molecule has 2 rings (SSSR count). The van der Waals surface area contributed by atoms with E-state index in [2.05, 4.69) is 10.1 Å². The van der Waals surface area contributed by atoms with Crippen LogP contribution in [0.1, 0.15) is 17.3 Å². The summed E-state index contributed by atoms with van der Waals surface area (Å²) in [5.41, 5.74) is -0.0880. The first kappa shape index (κ1) is 25.5. The zero-order valence-electron chi connectivity index (χ0n) is 14.1. The van der Waals surface area contributed by atoms with Gasteiger partial charge in [0.2, 0.25) is 23.3 Å². The van der Waals surface area contributed by atoms with E-state index in [0.29, 0.717) is 3.57 Å². The van der Waals surface area contributed by atoms with Crippen molar-refractivity contribution < 1.29 is 44.9 Å². The molecule has 2 aromatic carbocycles. The highest BCUT2D eigenvalue weighted by Gasteiger charge is 2.35. The van der Waals surface area contributed by atoms with E-state index in [4.69, 9.17) is 4.55 Å². The summed E-state index contributed by atoms with van der Waals surface area (Å²) in [6, 6.07) is 1.43. The van der Waals surface area contributed by atoms with Crippen LogP contribution in [0.15, 0.2) is 11.0 Å². The minimum Gasteiger partial charge on any atom is -0.416 e. The molecule has 30 heavy (non-hydrogen) atoms. The van der Waals surface area contributed by atoms with E-state index in [1.807, 2.05) is 22.6 Å². The maximum absolute atomic E-state index is 14.1. The third kappa shape index (κ3) is 4.99. The second kappa shape index (κ2) is 9.36. The Kier molecular flexibility index (Phi) is 7.95. The molecule has 0 aliphatic rings. The first-order valence-corrected chi connectivity index (χ1v) is 11.9. The summed E-state index contributed by atoms with van der Waals surface area (Å²) in [6.07, 6.45) is 0. The molecular formula is C15H6F4I3NO6S. The molecule has 0 aliphatic carbocycles. The molecule has 7 nitrogen and oxygen atoms in total. The predicted octanol–water partition coefficient (Wildman–Crippen LogP) is 4.48. The molecule has 0 aromatic heterocycles. The Labute approximate surface area is 207 Å². The van der Waals surface area contributed by atoms with Crippen LogP contribution in [-0.4, -0.2) is 24.8 Å². The highest BCUT2D eigenvalue weighted by Crippen LogP contribution is 2.35. The van der Waals surface area contributed by atoms with Crippen molar-refractivity contribution in [2.75, 3.05) is 5.32 Å². The lowest BCUT2D eigenvalue weighted by Crippen LogP contribution is -2.19. The number of esters is 1. The summed E-state index contributed by atoms with van der Waals surface area (Å²) in [6.45, 7) is 1.20. The van der Waals surface area contributed by atoms with Gasteiger partial charge in [-0.25, -0.2) is 13.6 Å². The Morgan fingerprint density at radius 2 is 1.50 bits per heavy atom. The van der Waals surface area contributed by atoms with Gasteiger partial charge in [0.1, 0.15) is 0 Å². The maximum atomic E-state index is 14.1. The molecule has 0 unspecified atom stereocenters. The summed E-state index contributed by atoms with van der Waals surface area (Å²) in [7, 11) is -5.66. The van der Waals surface area contributed by atoms with Gasteiger partial charge in [-0.3, -0.25) is 9.35 Å². The molecule has 0 radical (unpaired) electrons. The third-order valence-electron chi connectivity index (χ3n) is 3.31. The first-order valence-electron chi connectivity index (χ1n) is 7.19. The number of carbonyl (C=O) groups excluding carboxylic acids is 2. The van der Waals surface area contributed by atoms with Crippen LogP contribution in [0.3, 0.4) is 0 Å². The summed E-state index contributed by atoms with van der Waals surface area (Å²) in [5.74, 6) is -13.4. The Morgan fingerprint density at radius 1 is 1.00 bits per heavy atom. The molecule has 0 spiro atoms. The van der Waals surface area contributed by atoms with Gasteiger partial charge in [-0.2, -0.15) is 17.2 Å². The van der Waals surface area contributed by atoms with E-state index >= 15 is 0 Å². The standard InChI is InChI=1S/C15H6F4I3NO6S/c1-3(24)23-12-5(21)2-4(20)6(11(12)22)15(25)29-13-7(16)9(18)14(30(26,27)28)10(19)8(13)17/h2H,1H3,(H,23,24)(H,26,27,28). The molecule has 2 N–H and O–H groups in total. The molecule has 0 bridgehead atoms. The van der Waals surface area contributed by atoms with Crippen LogP contribution in [-0.2, 0) is 14.9 Å². The largest absolute Gasteiger partial charge is 0.416 e. The monoisotopic (exact) mass is 785 g/mol. The second-order valence-electron chi connectivity index (χ2n) is 5.36. The van der Waals surface area contributed by atoms with E-state index in [1.165, 1.54) is 13.0 Å². The SMILES string of the molecule is CC(=O)Nc1c(I)cc(I)c(C(=O)Oc2c(F)c(F)c(S(=O)(=O)O)c(F)c2F)c1I. The molecule has 0 saturated carbocycles. The van der Waals surface area contributed by atoms with Crippen molar-refractivity contribution in [3.05, 3.63) is 45.6 Å². The van der Waals surface area contributed by atoms with E-state index in [0.717, 1.165) is 0 Å². The van der Waals surface area contributed by atoms with Gasteiger partial charge in [-0.15, -0.1) is 0 Å². The smallest absolute Gasteiger partial charge is 0.345 e. The van der Waals surface area contributed by atoms with Gasteiger partial charge in [-0.1, -0.05) is 0 Å². The lowest BCUT2D eigenvalue weighted by atomic mass is 10.2. The first-order chi connectivity index (χ1) is 13.7. The van der Waals surface area contributed by atoms with Gasteiger partial charge in [0, 0.05) is 14.1 Å². The summed E-state index contributed by atoms with van der Waals surface area (Å²) in [4.78, 5) is 21.6. The lowest BCUT2D eigenvalue weighted by molar-refractivity contribution is -0.114. The predicted molar refractivity (Wildman–Crippen MR) is 120 cm³/mol. The minimum absolute atomic E-state index is 0.111. The van der Waals surface area contributed by atoms with Crippen molar-refractivity contribution in [2.45, 2.75) is 11.8 Å². The third-order valence-corrected chi connectivity index (χ3v) is 6.97. The number of benzene rings is 2. The van der Waals surface area contributed by atoms with Gasteiger partial charge in [0.25, 0.3) is 0 Å². The fraction of sp³-hybridized carbons (Fsp3) is 0.0667. The van der Waals surface area contributed by atoms with E-state index in [9.17, 15) is 35.6 Å². The molecule has 2 aromatic rings. The van der Waals surface area contributed by atoms with Crippen LogP contribution in [0.5, 0.6) is 5.75 Å². The average molecular weight is 785 g/mol. The summed E-state index contributed by atoms with van der Waals surface area (Å²) >= 11 is 5.21. The maximum Gasteiger partial charge on any atom is 0.345 e. The van der Waals surface area contributed by atoms with Crippen molar-refractivity contribution >= 4 is 95.5 Å². The van der Waals surface area contributed by atoms with Crippen LogP contribution >= 0.6 is 67.8 Å². The van der Waals surface area contributed by atoms with Crippen molar-refractivity contribution in [1.29, 1.82) is 0 Å². The lowest BCUT2D eigenvalue weighted by Gasteiger charge is -2.15. The zero-order valence-corrected chi connectivity index (χ0v) is 21.4. The van der Waals surface area contributed by atoms with Crippen molar-refractivity contribution in [2.24, 2.45) is 0 Å². The van der Waals surface area contributed by atoms with Gasteiger partial charge in [0.15, 0.2) is 16.5 Å². The van der Waals surface area contributed by atoms with Crippen molar-refractivity contribution in [3.63, 3.8) is 0 Å². The Morgan fingerprint density at radius 3 is 1.93 bits per heavy atom. The fourth-order valence-corrected chi connectivity index (χ4v) is 6.83. The van der Waals surface area contributed by atoms with Gasteiger partial charge < -0.3 is 10.1 Å². The average Bonchev–Trinajstić information content (AvgIpc) is 2.59. The van der Waals surface area contributed by atoms with Crippen LogP contribution < -0.4 is 10.1 Å². The summed E-state index contributed by atoms with van der Waals surface area (Å²) in [5, 5.41) is 2.47. The molecule has 1 amide bonds. The van der Waals surface area contributed by atoms with Crippen molar-refractivity contribution in [1.82, 2.24) is 0 Å². The number of hydrogen-bond acceptors (Lipinski definition) is 5. The number of rotatable bonds is 4. The van der Waals surface area contributed by atoms with Crippen LogP contribution in [0.25, 0.3) is 0 Å². The minimum atomic E-state index is -5.66. The number of carbonyl (C=O) groups is 2. The van der Waals surface area contributed by atoms with Crippen LogP contribution in [0.2, 0.25) is 0 Å². The quantitative estimate of drug-likeness (QED) is 0.118. The molecule has 162 valence electrons. The zero-order chi connectivity index (χ0) is 23.1. The number of ether oxygens (including phenoxy) is 1. The van der Waals surface area contributed by atoms with E-state index in [1.54, 1.807) is 45.2 Å². The molecule has 15 heteroatoms. The summed E-state index contributed by atoms with van der Waals surface area (Å²) < 4.78 is 92.1. The van der Waals surface area contributed by atoms with Crippen molar-refractivity contribution in [3.8, 4) is 5.75 Å². The topological polar surface area (TPSA) is 110 Å². The molecular weight excluding hydrogens is 779 g/mol. The number of hydrogen-bond donors (Lipinski definition) is 2. The van der Waals surface area contributed by atoms with Crippen LogP contribution in [0.4, 0.5) is 23.2 Å². The van der Waals surface area contributed by atoms with E-state index in [-0.39, 0.29) is 18.4 Å². The number of halogens is 7. The fourth-order valence-electron chi connectivity index (χ4n) is 2.12. The Balaban J connectivity index is 2.64. The number of nitrogens with one attached hydrogen (secondary N) is 1. The molecule has 0 atom stereocenters. The molecule has 0 fully saturated rings. The molecule has 0 saturated heterocycles. The molecule has 0 aliphatic heterocycles. The number of anilines is 1. The Hall–Kier alpha value is -0.800. The second-order valence-corrected chi connectivity index (χ2v) is 10.1. The normalized spacial score (nSPS) is 11.4. The highest BCUT2D eigenvalue weighted by atomic mass is 127. The van der Waals surface area contributed by atoms with Gasteiger partial charge in [-0.05, 0) is 73.8 Å². The van der Waals surface area contributed by atoms with Gasteiger partial charge >= 0.3 is 16.1 Å². The van der Waals surface area contributed by atoms with E-state index < -0.39 is 55.9 Å². The highest BCUT2D eigenvalue weighted by molar-refractivity contribution is 14.1. The van der Waals surface area contributed by atoms with Gasteiger partial charge in [0.05, 0.1) is 14.8 Å². The molecule has 0 heterocycles.